The first kappa shape index (κ1) is 11.1. The zero-order valence-corrected chi connectivity index (χ0v) is 9.93. The van der Waals surface area contributed by atoms with Crippen LogP contribution in [0.4, 0.5) is 0 Å². The summed E-state index contributed by atoms with van der Waals surface area (Å²) in [7, 11) is -1.01. The summed E-state index contributed by atoms with van der Waals surface area (Å²) in [5.41, 5.74) is 5.93. The normalized spacial score (nSPS) is 19.9. The third kappa shape index (κ3) is 3.03. The molecule has 0 heterocycles. The molecule has 1 fully saturated rings. The SMILES string of the molecule is NC(CS(=O)c1cccc(Cl)c1)C1CC1. The molecule has 0 bridgehead atoms. The molecule has 0 spiro atoms. The number of hydrogen-bond donors (Lipinski definition) is 1. The van der Waals surface area contributed by atoms with E-state index in [-0.39, 0.29) is 6.04 Å². The van der Waals surface area contributed by atoms with Crippen molar-refractivity contribution in [3.63, 3.8) is 0 Å². The Morgan fingerprint density at radius 3 is 2.87 bits per heavy atom. The number of rotatable bonds is 4. The van der Waals surface area contributed by atoms with Gasteiger partial charge in [-0.15, -0.1) is 0 Å². The van der Waals surface area contributed by atoms with E-state index in [4.69, 9.17) is 17.3 Å². The minimum Gasteiger partial charge on any atom is -0.327 e. The van der Waals surface area contributed by atoms with Crippen LogP contribution in [0.3, 0.4) is 0 Å². The van der Waals surface area contributed by atoms with Gasteiger partial charge in [-0.1, -0.05) is 17.7 Å². The molecule has 15 heavy (non-hydrogen) atoms. The van der Waals surface area contributed by atoms with Crippen LogP contribution in [0, 0.1) is 5.92 Å². The van der Waals surface area contributed by atoms with Gasteiger partial charge in [-0.3, -0.25) is 4.21 Å². The van der Waals surface area contributed by atoms with Crippen molar-refractivity contribution < 1.29 is 4.21 Å². The van der Waals surface area contributed by atoms with Crippen LogP contribution in [-0.4, -0.2) is 16.0 Å². The Morgan fingerprint density at radius 2 is 2.27 bits per heavy atom. The van der Waals surface area contributed by atoms with Crippen molar-refractivity contribution >= 4 is 22.4 Å². The first-order valence-corrected chi connectivity index (χ1v) is 6.76. The number of hydrogen-bond acceptors (Lipinski definition) is 2. The van der Waals surface area contributed by atoms with Crippen LogP contribution in [-0.2, 0) is 10.8 Å². The second-order valence-electron chi connectivity index (χ2n) is 3.97. The van der Waals surface area contributed by atoms with E-state index in [0.29, 0.717) is 16.7 Å². The zero-order chi connectivity index (χ0) is 10.8. The van der Waals surface area contributed by atoms with Crippen molar-refractivity contribution in [2.45, 2.75) is 23.8 Å². The van der Waals surface area contributed by atoms with Gasteiger partial charge in [-0.25, -0.2) is 0 Å². The standard InChI is InChI=1S/C11H14ClNOS/c12-9-2-1-3-10(6-9)15(14)7-11(13)8-4-5-8/h1-3,6,8,11H,4-5,7,13H2. The quantitative estimate of drug-likeness (QED) is 0.881. The lowest BCUT2D eigenvalue weighted by Crippen LogP contribution is -2.29. The van der Waals surface area contributed by atoms with Crippen molar-refractivity contribution in [3.05, 3.63) is 29.3 Å². The van der Waals surface area contributed by atoms with Crippen molar-refractivity contribution in [2.75, 3.05) is 5.75 Å². The van der Waals surface area contributed by atoms with Crippen LogP contribution in [0.5, 0.6) is 0 Å². The highest BCUT2D eigenvalue weighted by atomic mass is 35.5. The molecule has 0 radical (unpaired) electrons. The van der Waals surface area contributed by atoms with Gasteiger partial charge in [0.1, 0.15) is 0 Å². The summed E-state index contributed by atoms with van der Waals surface area (Å²) in [4.78, 5) is 0.776. The summed E-state index contributed by atoms with van der Waals surface area (Å²) in [6, 6.07) is 7.25. The summed E-state index contributed by atoms with van der Waals surface area (Å²) >= 11 is 5.83. The molecule has 2 nitrogen and oxygen atoms in total. The van der Waals surface area contributed by atoms with E-state index in [9.17, 15) is 4.21 Å². The Kier molecular flexibility index (Phi) is 3.44. The van der Waals surface area contributed by atoms with E-state index in [1.807, 2.05) is 12.1 Å². The summed E-state index contributed by atoms with van der Waals surface area (Å²) in [5.74, 6) is 1.14. The Labute approximate surface area is 97.3 Å². The van der Waals surface area contributed by atoms with Gasteiger partial charge in [-0.05, 0) is 37.0 Å². The van der Waals surface area contributed by atoms with Crippen molar-refractivity contribution in [1.82, 2.24) is 0 Å². The third-order valence-electron chi connectivity index (χ3n) is 2.63. The lowest BCUT2D eigenvalue weighted by molar-refractivity contribution is 0.634. The fourth-order valence-corrected chi connectivity index (χ4v) is 3.10. The molecule has 0 aromatic heterocycles. The molecule has 0 saturated heterocycles. The minimum absolute atomic E-state index is 0.0739. The van der Waals surface area contributed by atoms with E-state index in [2.05, 4.69) is 0 Å². The van der Waals surface area contributed by atoms with Crippen LogP contribution in [0.15, 0.2) is 29.2 Å². The highest BCUT2D eigenvalue weighted by molar-refractivity contribution is 7.85. The molecule has 2 N–H and O–H groups in total. The third-order valence-corrected chi connectivity index (χ3v) is 4.33. The van der Waals surface area contributed by atoms with Gasteiger partial charge in [0.15, 0.2) is 0 Å². The van der Waals surface area contributed by atoms with Crippen molar-refractivity contribution in [1.29, 1.82) is 0 Å². The predicted octanol–water partition coefficient (Wildman–Crippen LogP) is 2.18. The second-order valence-corrected chi connectivity index (χ2v) is 5.90. The van der Waals surface area contributed by atoms with Crippen molar-refractivity contribution in [3.8, 4) is 0 Å². The monoisotopic (exact) mass is 243 g/mol. The number of benzene rings is 1. The van der Waals surface area contributed by atoms with Crippen LogP contribution in [0.1, 0.15) is 12.8 Å². The second kappa shape index (κ2) is 4.64. The van der Waals surface area contributed by atoms with Gasteiger partial charge in [0, 0.05) is 21.7 Å². The molecule has 1 aromatic rings. The van der Waals surface area contributed by atoms with Crippen LogP contribution >= 0.6 is 11.6 Å². The van der Waals surface area contributed by atoms with Gasteiger partial charge in [0.05, 0.1) is 10.8 Å². The fraction of sp³-hybridized carbons (Fsp3) is 0.455. The predicted molar refractivity (Wildman–Crippen MR) is 63.4 cm³/mol. The van der Waals surface area contributed by atoms with E-state index in [0.717, 1.165) is 4.90 Å². The van der Waals surface area contributed by atoms with Gasteiger partial charge in [-0.2, -0.15) is 0 Å². The molecular formula is C11H14ClNOS. The molecule has 82 valence electrons. The Hall–Kier alpha value is -0.380. The molecule has 0 aliphatic heterocycles. The Morgan fingerprint density at radius 1 is 1.53 bits per heavy atom. The molecule has 2 atom stereocenters. The summed E-state index contributed by atoms with van der Waals surface area (Å²) < 4.78 is 11.9. The first-order valence-electron chi connectivity index (χ1n) is 5.06. The van der Waals surface area contributed by atoms with Gasteiger partial charge >= 0.3 is 0 Å². The Balaban J connectivity index is 2.00. The van der Waals surface area contributed by atoms with Gasteiger partial charge < -0.3 is 5.73 Å². The minimum atomic E-state index is -1.01. The van der Waals surface area contributed by atoms with E-state index >= 15 is 0 Å². The number of nitrogens with two attached hydrogens (primary N) is 1. The molecular weight excluding hydrogens is 230 g/mol. The van der Waals surface area contributed by atoms with Crippen LogP contribution in [0.2, 0.25) is 5.02 Å². The fourth-order valence-electron chi connectivity index (χ4n) is 1.54. The average molecular weight is 244 g/mol. The Bertz CT molecular complexity index is 379. The highest BCUT2D eigenvalue weighted by Gasteiger charge is 2.29. The summed E-state index contributed by atoms with van der Waals surface area (Å²) in [6.45, 7) is 0. The first-order chi connectivity index (χ1) is 7.16. The van der Waals surface area contributed by atoms with Gasteiger partial charge in [0.25, 0.3) is 0 Å². The molecule has 2 unspecified atom stereocenters. The number of halogens is 1. The van der Waals surface area contributed by atoms with Crippen LogP contribution in [0.25, 0.3) is 0 Å². The topological polar surface area (TPSA) is 43.1 Å². The zero-order valence-electron chi connectivity index (χ0n) is 8.36. The van der Waals surface area contributed by atoms with E-state index < -0.39 is 10.8 Å². The van der Waals surface area contributed by atoms with Gasteiger partial charge in [0.2, 0.25) is 0 Å². The average Bonchev–Trinajstić information content (AvgIpc) is 3.00. The molecule has 4 heteroatoms. The molecule has 1 saturated carbocycles. The molecule has 1 aliphatic carbocycles. The maximum atomic E-state index is 11.9. The lowest BCUT2D eigenvalue weighted by atomic mass is 10.2. The largest absolute Gasteiger partial charge is 0.327 e. The van der Waals surface area contributed by atoms with E-state index in [1.54, 1.807) is 12.1 Å². The van der Waals surface area contributed by atoms with Crippen molar-refractivity contribution in [2.24, 2.45) is 11.7 Å². The molecule has 0 amide bonds. The maximum absolute atomic E-state index is 11.9. The summed E-state index contributed by atoms with van der Waals surface area (Å²) in [5, 5.41) is 0.626. The maximum Gasteiger partial charge on any atom is 0.0545 e. The van der Waals surface area contributed by atoms with E-state index in [1.165, 1.54) is 12.8 Å². The molecule has 1 aliphatic rings. The molecule has 1 aromatic carbocycles. The lowest BCUT2D eigenvalue weighted by Gasteiger charge is -2.09. The van der Waals surface area contributed by atoms with Crippen LogP contribution < -0.4 is 5.73 Å². The summed E-state index contributed by atoms with van der Waals surface area (Å²) in [6.07, 6.45) is 2.38. The highest BCUT2D eigenvalue weighted by Crippen LogP contribution is 2.32. The smallest absolute Gasteiger partial charge is 0.0545 e. The molecule has 2 rings (SSSR count).